The molecule has 0 aromatic heterocycles. The van der Waals surface area contributed by atoms with Crippen molar-refractivity contribution in [1.82, 2.24) is 10.4 Å². The van der Waals surface area contributed by atoms with Crippen molar-refractivity contribution in [2.75, 3.05) is 18.1 Å². The molecule has 0 amide bonds. The zero-order valence-corrected chi connectivity index (χ0v) is 13.0. The molecule has 0 aliphatic carbocycles. The Hall–Kier alpha value is -2.76. The van der Waals surface area contributed by atoms with E-state index in [9.17, 15) is 9.90 Å². The summed E-state index contributed by atoms with van der Waals surface area (Å²) in [6, 6.07) is 8.93. The molecule has 1 aromatic rings. The summed E-state index contributed by atoms with van der Waals surface area (Å²) in [5, 5.41) is 23.7. The molecule has 116 valence electrons. The number of nitrogens with zero attached hydrogens (tertiary/aromatic N) is 3. The highest BCUT2D eigenvalue weighted by Gasteiger charge is 2.33. The number of benzene rings is 1. The van der Waals surface area contributed by atoms with Crippen LogP contribution >= 0.6 is 11.8 Å². The van der Waals surface area contributed by atoms with Crippen LogP contribution in [0, 0.1) is 11.3 Å². The van der Waals surface area contributed by atoms with Crippen molar-refractivity contribution in [2.24, 2.45) is 4.99 Å². The van der Waals surface area contributed by atoms with E-state index in [0.717, 1.165) is 0 Å². The fourth-order valence-electron chi connectivity index (χ4n) is 2.32. The largest absolute Gasteiger partial charge is 0.477 e. The number of hydrogen-bond donors (Lipinski definition) is 3. The van der Waals surface area contributed by atoms with E-state index >= 15 is 0 Å². The van der Waals surface area contributed by atoms with Crippen LogP contribution in [-0.4, -0.2) is 33.9 Å². The van der Waals surface area contributed by atoms with Crippen LogP contribution < -0.4 is 10.7 Å². The maximum Gasteiger partial charge on any atom is 0.342 e. The Morgan fingerprint density at radius 1 is 1.57 bits per heavy atom. The second kappa shape index (κ2) is 6.16. The summed E-state index contributed by atoms with van der Waals surface area (Å²) < 4.78 is 0. The minimum Gasteiger partial charge on any atom is -0.477 e. The minimum atomic E-state index is -1.07. The fraction of sp³-hybridized carbons (Fsp3) is 0.133. The smallest absolute Gasteiger partial charge is 0.342 e. The first-order chi connectivity index (χ1) is 11.1. The van der Waals surface area contributed by atoms with Crippen molar-refractivity contribution in [1.29, 1.82) is 5.26 Å². The number of nitriles is 1. The average Bonchev–Trinajstić information content (AvgIpc) is 3.02. The molecule has 8 heteroatoms. The van der Waals surface area contributed by atoms with Crippen LogP contribution in [0.25, 0.3) is 0 Å². The third kappa shape index (κ3) is 2.79. The number of anilines is 1. The number of hydrazine groups is 1. The molecule has 1 aromatic carbocycles. The highest BCUT2D eigenvalue weighted by molar-refractivity contribution is 8.14. The summed E-state index contributed by atoms with van der Waals surface area (Å²) in [6.45, 7) is 0.566. The number of rotatable bonds is 3. The van der Waals surface area contributed by atoms with Gasteiger partial charge in [0.15, 0.2) is 0 Å². The van der Waals surface area contributed by atoms with Gasteiger partial charge in [-0.05, 0) is 30.5 Å². The van der Waals surface area contributed by atoms with Crippen LogP contribution in [-0.2, 0) is 4.79 Å². The molecule has 3 N–H and O–H groups in total. The Balaban J connectivity index is 2.07. The van der Waals surface area contributed by atoms with Gasteiger partial charge in [-0.25, -0.2) is 20.2 Å². The molecule has 0 saturated carbocycles. The van der Waals surface area contributed by atoms with E-state index in [1.165, 1.54) is 11.8 Å². The lowest BCUT2D eigenvalue weighted by molar-refractivity contribution is -0.132. The van der Waals surface area contributed by atoms with Gasteiger partial charge in [0.1, 0.15) is 22.3 Å². The molecule has 0 unspecified atom stereocenters. The monoisotopic (exact) mass is 327 g/mol. The van der Waals surface area contributed by atoms with Crippen LogP contribution in [0.1, 0.15) is 5.56 Å². The van der Waals surface area contributed by atoms with Crippen molar-refractivity contribution in [3.05, 3.63) is 53.1 Å². The number of nitrogens with one attached hydrogen (secondary N) is 2. The summed E-state index contributed by atoms with van der Waals surface area (Å²) in [5.74, 6) is -0.0289. The SMILES string of the molecule is CSC1=NC2=CCNN2C(Nc2cccc(C#N)c2)=C1C(=O)O. The lowest BCUT2D eigenvalue weighted by atomic mass is 10.2. The van der Waals surface area contributed by atoms with Gasteiger partial charge in [0, 0.05) is 12.2 Å². The number of carbonyl (C=O) groups is 1. The molecule has 7 nitrogen and oxygen atoms in total. The zero-order chi connectivity index (χ0) is 16.4. The first-order valence-corrected chi connectivity index (χ1v) is 7.98. The normalized spacial score (nSPS) is 16.4. The molecular weight excluding hydrogens is 314 g/mol. The lowest BCUT2D eigenvalue weighted by Crippen LogP contribution is -2.39. The molecule has 0 saturated heterocycles. The third-order valence-electron chi connectivity index (χ3n) is 3.32. The predicted molar refractivity (Wildman–Crippen MR) is 88.3 cm³/mol. The van der Waals surface area contributed by atoms with E-state index in [0.29, 0.717) is 34.5 Å². The third-order valence-corrected chi connectivity index (χ3v) is 4.00. The molecule has 0 fully saturated rings. The summed E-state index contributed by atoms with van der Waals surface area (Å²) in [4.78, 5) is 16.1. The van der Waals surface area contributed by atoms with Crippen LogP contribution in [0.5, 0.6) is 0 Å². The van der Waals surface area contributed by atoms with Gasteiger partial charge >= 0.3 is 5.97 Å². The number of aliphatic imine (C=N–C) groups is 1. The minimum absolute atomic E-state index is 0.0893. The van der Waals surface area contributed by atoms with Gasteiger partial charge in [0.25, 0.3) is 0 Å². The summed E-state index contributed by atoms with van der Waals surface area (Å²) in [7, 11) is 0. The number of fused-ring (bicyclic) bond motifs is 1. The number of thioether (sulfide) groups is 1. The van der Waals surface area contributed by atoms with Gasteiger partial charge in [-0.2, -0.15) is 5.26 Å². The summed E-state index contributed by atoms with van der Waals surface area (Å²) >= 11 is 1.28. The Kier molecular flexibility index (Phi) is 4.06. The second-order valence-electron chi connectivity index (χ2n) is 4.73. The van der Waals surface area contributed by atoms with Gasteiger partial charge in [-0.1, -0.05) is 6.07 Å². The van der Waals surface area contributed by atoms with Gasteiger partial charge in [-0.3, -0.25) is 0 Å². The molecule has 2 aliphatic rings. The second-order valence-corrected chi connectivity index (χ2v) is 5.52. The Morgan fingerprint density at radius 2 is 2.39 bits per heavy atom. The van der Waals surface area contributed by atoms with Gasteiger partial charge in [0.05, 0.1) is 11.6 Å². The van der Waals surface area contributed by atoms with Crippen LogP contribution in [0.3, 0.4) is 0 Å². The summed E-state index contributed by atoms with van der Waals surface area (Å²) in [6.07, 6.45) is 3.66. The van der Waals surface area contributed by atoms with Crippen LogP contribution in [0.2, 0.25) is 0 Å². The fourth-order valence-corrected chi connectivity index (χ4v) is 2.90. The molecule has 2 heterocycles. The number of aliphatic carboxylic acids is 1. The Morgan fingerprint density at radius 3 is 3.09 bits per heavy atom. The van der Waals surface area contributed by atoms with Crippen LogP contribution in [0.4, 0.5) is 5.69 Å². The quantitative estimate of drug-likeness (QED) is 0.777. The average molecular weight is 327 g/mol. The maximum atomic E-state index is 11.7. The first-order valence-electron chi connectivity index (χ1n) is 6.75. The van der Waals surface area contributed by atoms with E-state index in [2.05, 4.69) is 21.8 Å². The van der Waals surface area contributed by atoms with Crippen LogP contribution in [0.15, 0.2) is 52.5 Å². The van der Waals surface area contributed by atoms with Crippen molar-refractivity contribution in [3.63, 3.8) is 0 Å². The van der Waals surface area contributed by atoms with Crippen molar-refractivity contribution >= 4 is 28.5 Å². The maximum absolute atomic E-state index is 11.7. The molecular formula is C15H13N5O2S. The van der Waals surface area contributed by atoms with E-state index in [1.54, 1.807) is 35.5 Å². The lowest BCUT2D eigenvalue weighted by Gasteiger charge is -2.29. The zero-order valence-electron chi connectivity index (χ0n) is 12.2. The molecule has 0 spiro atoms. The van der Waals surface area contributed by atoms with Gasteiger partial charge in [-0.15, -0.1) is 11.8 Å². The highest BCUT2D eigenvalue weighted by Crippen LogP contribution is 2.30. The molecule has 0 radical (unpaired) electrons. The standard InChI is InChI=1S/C15H13N5O2S/c1-23-14-12(15(21)22)13(20-11(19-14)5-6-17-20)18-10-4-2-3-9(7-10)8-16/h2-5,7,17-18H,6H2,1H3,(H,21,22). The number of hydrogen-bond acceptors (Lipinski definition) is 7. The first kappa shape index (κ1) is 15.1. The number of carboxylic acids is 1. The predicted octanol–water partition coefficient (Wildman–Crippen LogP) is 1.70. The highest BCUT2D eigenvalue weighted by atomic mass is 32.2. The Labute approximate surface area is 137 Å². The summed E-state index contributed by atoms with van der Waals surface area (Å²) in [5.41, 5.74) is 4.28. The van der Waals surface area contributed by atoms with E-state index in [1.807, 2.05) is 6.08 Å². The van der Waals surface area contributed by atoms with Crippen molar-refractivity contribution in [3.8, 4) is 6.07 Å². The molecule has 23 heavy (non-hydrogen) atoms. The van der Waals surface area contributed by atoms with E-state index in [4.69, 9.17) is 5.26 Å². The molecule has 3 rings (SSSR count). The topological polar surface area (TPSA) is 101 Å². The molecule has 0 bridgehead atoms. The van der Waals surface area contributed by atoms with Crippen molar-refractivity contribution < 1.29 is 9.90 Å². The van der Waals surface area contributed by atoms with Gasteiger partial charge < -0.3 is 10.4 Å². The van der Waals surface area contributed by atoms with Gasteiger partial charge in [0.2, 0.25) is 0 Å². The van der Waals surface area contributed by atoms with Crippen molar-refractivity contribution in [2.45, 2.75) is 0 Å². The number of carboxylic acid groups (broad SMARTS) is 1. The molecule has 2 aliphatic heterocycles. The molecule has 0 atom stereocenters. The van der Waals surface area contributed by atoms with E-state index < -0.39 is 5.97 Å². The Bertz CT molecular complexity index is 806. The van der Waals surface area contributed by atoms with E-state index in [-0.39, 0.29) is 5.57 Å².